The highest BCUT2D eigenvalue weighted by atomic mass is 32.1. The maximum absolute atomic E-state index is 11.5. The van der Waals surface area contributed by atoms with E-state index in [4.69, 9.17) is 10.5 Å². The van der Waals surface area contributed by atoms with E-state index in [2.05, 4.69) is 0 Å². The third-order valence-corrected chi connectivity index (χ3v) is 3.08. The largest absolute Gasteiger partial charge is 0.465 e. The number of ether oxygens (including phenoxy) is 1. The lowest BCUT2D eigenvalue weighted by Crippen LogP contribution is -2.07. The van der Waals surface area contributed by atoms with Gasteiger partial charge in [-0.05, 0) is 18.4 Å². The Balaban J connectivity index is 3.32. The van der Waals surface area contributed by atoms with Crippen LogP contribution in [0.5, 0.6) is 0 Å². The quantitative estimate of drug-likeness (QED) is 0.768. The number of methoxy groups -OCH3 is 1. The van der Waals surface area contributed by atoms with Gasteiger partial charge < -0.3 is 10.5 Å². The van der Waals surface area contributed by atoms with Gasteiger partial charge >= 0.3 is 5.97 Å². The van der Waals surface area contributed by atoms with Crippen molar-refractivity contribution in [3.8, 4) is 0 Å². The Hall–Kier alpha value is -1.03. The second-order valence-electron chi connectivity index (χ2n) is 3.46. The SMILES string of the molecule is COC(=O)c1c(N)sc(C)c1C(C)C. The molecule has 0 saturated carbocycles. The first-order valence-electron chi connectivity index (χ1n) is 4.46. The molecule has 3 nitrogen and oxygen atoms in total. The zero-order chi connectivity index (χ0) is 10.9. The maximum atomic E-state index is 11.5. The van der Waals surface area contributed by atoms with Gasteiger partial charge in [-0.3, -0.25) is 0 Å². The topological polar surface area (TPSA) is 52.3 Å². The van der Waals surface area contributed by atoms with Crippen LogP contribution >= 0.6 is 11.3 Å². The van der Waals surface area contributed by atoms with Crippen molar-refractivity contribution in [1.29, 1.82) is 0 Å². The lowest BCUT2D eigenvalue weighted by Gasteiger charge is -2.07. The summed E-state index contributed by atoms with van der Waals surface area (Å²) in [6, 6.07) is 0. The van der Waals surface area contributed by atoms with Crippen LogP contribution in [0.2, 0.25) is 0 Å². The molecule has 0 radical (unpaired) electrons. The summed E-state index contributed by atoms with van der Waals surface area (Å²) in [4.78, 5) is 12.6. The predicted molar refractivity (Wildman–Crippen MR) is 58.9 cm³/mol. The van der Waals surface area contributed by atoms with Gasteiger partial charge in [0, 0.05) is 4.88 Å². The number of anilines is 1. The Kier molecular flexibility index (Phi) is 3.16. The molecule has 0 aliphatic carbocycles. The van der Waals surface area contributed by atoms with E-state index in [0.717, 1.165) is 10.4 Å². The summed E-state index contributed by atoms with van der Waals surface area (Å²) in [6.07, 6.45) is 0. The second-order valence-corrected chi connectivity index (χ2v) is 4.71. The number of hydrogen-bond donors (Lipinski definition) is 1. The number of carbonyl (C=O) groups excluding carboxylic acids is 1. The van der Waals surface area contributed by atoms with Gasteiger partial charge in [0.05, 0.1) is 12.7 Å². The number of thiophene rings is 1. The zero-order valence-electron chi connectivity index (χ0n) is 8.88. The first kappa shape index (κ1) is 11.0. The van der Waals surface area contributed by atoms with Gasteiger partial charge in [-0.2, -0.15) is 0 Å². The summed E-state index contributed by atoms with van der Waals surface area (Å²) in [5.74, 6) is -0.0480. The Bertz CT molecular complexity index is 355. The van der Waals surface area contributed by atoms with E-state index in [-0.39, 0.29) is 11.9 Å². The molecule has 0 spiro atoms. The van der Waals surface area contributed by atoms with Gasteiger partial charge in [0.1, 0.15) is 5.00 Å². The van der Waals surface area contributed by atoms with Crippen LogP contribution in [0.25, 0.3) is 0 Å². The highest BCUT2D eigenvalue weighted by molar-refractivity contribution is 7.16. The fraction of sp³-hybridized carbons (Fsp3) is 0.500. The van der Waals surface area contributed by atoms with E-state index < -0.39 is 0 Å². The summed E-state index contributed by atoms with van der Waals surface area (Å²) >= 11 is 1.44. The molecular weight excluding hydrogens is 198 g/mol. The highest BCUT2D eigenvalue weighted by Gasteiger charge is 2.22. The monoisotopic (exact) mass is 213 g/mol. The van der Waals surface area contributed by atoms with Gasteiger partial charge in [0.15, 0.2) is 0 Å². The first-order chi connectivity index (χ1) is 6.49. The van der Waals surface area contributed by atoms with Crippen LogP contribution in [-0.2, 0) is 4.74 Å². The zero-order valence-corrected chi connectivity index (χ0v) is 9.70. The van der Waals surface area contributed by atoms with Crippen LogP contribution < -0.4 is 5.73 Å². The van der Waals surface area contributed by atoms with Gasteiger partial charge in [0.2, 0.25) is 0 Å². The summed E-state index contributed by atoms with van der Waals surface area (Å²) in [6.45, 7) is 6.06. The molecule has 1 heterocycles. The number of rotatable bonds is 2. The number of esters is 1. The van der Waals surface area contributed by atoms with Gasteiger partial charge in [-0.15, -0.1) is 11.3 Å². The predicted octanol–water partition coefficient (Wildman–Crippen LogP) is 2.55. The molecule has 2 N–H and O–H groups in total. The fourth-order valence-corrected chi connectivity index (χ4v) is 2.66. The molecule has 0 aliphatic heterocycles. The fourth-order valence-electron chi connectivity index (χ4n) is 1.59. The molecule has 0 atom stereocenters. The number of nitrogen functional groups attached to an aromatic ring is 1. The van der Waals surface area contributed by atoms with Crippen molar-refractivity contribution in [1.82, 2.24) is 0 Å². The average molecular weight is 213 g/mol. The Morgan fingerprint density at radius 2 is 2.07 bits per heavy atom. The summed E-state index contributed by atoms with van der Waals surface area (Å²) in [7, 11) is 1.37. The molecule has 1 aromatic heterocycles. The Morgan fingerprint density at radius 1 is 1.50 bits per heavy atom. The smallest absolute Gasteiger partial charge is 0.341 e. The molecular formula is C10H15NO2S. The van der Waals surface area contributed by atoms with Crippen LogP contribution in [0, 0.1) is 6.92 Å². The van der Waals surface area contributed by atoms with Crippen LogP contribution in [-0.4, -0.2) is 13.1 Å². The van der Waals surface area contributed by atoms with Gasteiger partial charge in [-0.25, -0.2) is 4.79 Å². The molecule has 14 heavy (non-hydrogen) atoms. The van der Waals surface area contributed by atoms with Crippen molar-refractivity contribution in [3.63, 3.8) is 0 Å². The number of carbonyl (C=O) groups is 1. The highest BCUT2D eigenvalue weighted by Crippen LogP contribution is 2.35. The summed E-state index contributed by atoms with van der Waals surface area (Å²) in [5.41, 5.74) is 7.33. The van der Waals surface area contributed by atoms with Crippen molar-refractivity contribution in [2.75, 3.05) is 12.8 Å². The van der Waals surface area contributed by atoms with Crippen molar-refractivity contribution in [2.24, 2.45) is 0 Å². The molecule has 0 unspecified atom stereocenters. The molecule has 0 amide bonds. The molecule has 0 bridgehead atoms. The third-order valence-electron chi connectivity index (χ3n) is 2.12. The van der Waals surface area contributed by atoms with Crippen LogP contribution in [0.15, 0.2) is 0 Å². The molecule has 78 valence electrons. The van der Waals surface area contributed by atoms with Crippen LogP contribution in [0.4, 0.5) is 5.00 Å². The molecule has 0 aliphatic rings. The number of nitrogens with two attached hydrogens (primary N) is 1. The lowest BCUT2D eigenvalue weighted by atomic mass is 9.99. The minimum Gasteiger partial charge on any atom is -0.465 e. The van der Waals surface area contributed by atoms with E-state index in [0.29, 0.717) is 10.6 Å². The number of aryl methyl sites for hydroxylation is 1. The minimum absolute atomic E-state index is 0.289. The molecule has 1 aromatic rings. The molecule has 4 heteroatoms. The van der Waals surface area contributed by atoms with Crippen molar-refractivity contribution in [3.05, 3.63) is 16.0 Å². The van der Waals surface area contributed by atoms with Crippen LogP contribution in [0.1, 0.15) is 40.6 Å². The van der Waals surface area contributed by atoms with Crippen molar-refractivity contribution in [2.45, 2.75) is 26.7 Å². The van der Waals surface area contributed by atoms with Crippen LogP contribution in [0.3, 0.4) is 0 Å². The first-order valence-corrected chi connectivity index (χ1v) is 5.27. The molecule has 0 saturated heterocycles. The number of hydrogen-bond acceptors (Lipinski definition) is 4. The van der Waals surface area contributed by atoms with Gasteiger partial charge in [-0.1, -0.05) is 13.8 Å². The van der Waals surface area contributed by atoms with E-state index in [1.165, 1.54) is 18.4 Å². The van der Waals surface area contributed by atoms with Gasteiger partial charge in [0.25, 0.3) is 0 Å². The summed E-state index contributed by atoms with van der Waals surface area (Å²) < 4.78 is 4.71. The normalized spacial score (nSPS) is 10.6. The molecule has 0 fully saturated rings. The Morgan fingerprint density at radius 3 is 2.50 bits per heavy atom. The average Bonchev–Trinajstić information content (AvgIpc) is 2.39. The molecule has 1 rings (SSSR count). The van der Waals surface area contributed by atoms with E-state index in [9.17, 15) is 4.79 Å². The standard InChI is InChI=1S/C10H15NO2S/c1-5(2)7-6(3)14-9(11)8(7)10(12)13-4/h5H,11H2,1-4H3. The van der Waals surface area contributed by atoms with E-state index in [1.807, 2.05) is 20.8 Å². The lowest BCUT2D eigenvalue weighted by molar-refractivity contribution is 0.0601. The van der Waals surface area contributed by atoms with E-state index in [1.54, 1.807) is 0 Å². The third kappa shape index (κ3) is 1.75. The maximum Gasteiger partial charge on any atom is 0.341 e. The minimum atomic E-state index is -0.337. The van der Waals surface area contributed by atoms with Crippen molar-refractivity contribution < 1.29 is 9.53 Å². The van der Waals surface area contributed by atoms with Crippen molar-refractivity contribution >= 4 is 22.3 Å². The Labute approximate surface area is 87.9 Å². The molecule has 0 aromatic carbocycles. The second kappa shape index (κ2) is 4.00. The van der Waals surface area contributed by atoms with E-state index >= 15 is 0 Å². The summed E-state index contributed by atoms with van der Waals surface area (Å²) in [5, 5.41) is 0.554.